The van der Waals surface area contributed by atoms with Crippen molar-refractivity contribution in [3.63, 3.8) is 0 Å². The Balaban J connectivity index is 1.47. The minimum absolute atomic E-state index is 0.0798. The summed E-state index contributed by atoms with van der Waals surface area (Å²) in [4.78, 5) is 38.0. The molecule has 11 heteroatoms. The molecule has 1 aliphatic heterocycles. The van der Waals surface area contributed by atoms with Gasteiger partial charge in [0.1, 0.15) is 29.5 Å². The first-order valence-corrected chi connectivity index (χ1v) is 12.3. The molecule has 1 saturated heterocycles. The molecule has 0 bridgehead atoms. The average molecular weight is 516 g/mol. The molecule has 2 N–H and O–H groups in total. The molecule has 37 heavy (non-hydrogen) atoms. The van der Waals surface area contributed by atoms with E-state index in [9.17, 15) is 22.8 Å². The molecule has 2 aliphatic rings. The lowest BCUT2D eigenvalue weighted by atomic mass is 10.0. The summed E-state index contributed by atoms with van der Waals surface area (Å²) in [5, 5.41) is 2.74. The van der Waals surface area contributed by atoms with Gasteiger partial charge < -0.3 is 19.9 Å². The van der Waals surface area contributed by atoms with Crippen LogP contribution in [0.2, 0.25) is 0 Å². The summed E-state index contributed by atoms with van der Waals surface area (Å²) in [6.45, 7) is 3.83. The number of H-pyrrole nitrogens is 1. The fourth-order valence-electron chi connectivity index (χ4n) is 4.68. The maximum Gasteiger partial charge on any atom is 0.263 e. The fraction of sp³-hybridized carbons (Fsp3) is 0.462. The van der Waals surface area contributed by atoms with Gasteiger partial charge in [-0.2, -0.15) is 0 Å². The monoisotopic (exact) mass is 515 g/mol. The van der Waals surface area contributed by atoms with Gasteiger partial charge in [0, 0.05) is 30.3 Å². The molecule has 0 spiro atoms. The highest BCUT2D eigenvalue weighted by atomic mass is 19.3. The van der Waals surface area contributed by atoms with Crippen LogP contribution in [0, 0.1) is 12.8 Å². The second-order valence-electron chi connectivity index (χ2n) is 9.73. The summed E-state index contributed by atoms with van der Waals surface area (Å²) in [5.41, 5.74) is 1.94. The number of aromatic amines is 1. The lowest BCUT2D eigenvalue weighted by molar-refractivity contribution is -0.131. The van der Waals surface area contributed by atoms with Crippen LogP contribution >= 0.6 is 0 Å². The number of hydrogen-bond acceptors (Lipinski definition) is 5. The van der Waals surface area contributed by atoms with Gasteiger partial charge in [0.2, 0.25) is 5.91 Å². The number of ether oxygens (including phenoxy) is 1. The Morgan fingerprint density at radius 2 is 2.03 bits per heavy atom. The smallest absolute Gasteiger partial charge is 0.263 e. The number of piperidine rings is 1. The number of amides is 2. The van der Waals surface area contributed by atoms with E-state index in [0.717, 1.165) is 12.8 Å². The lowest BCUT2D eigenvalue weighted by Gasteiger charge is -2.34. The predicted octanol–water partition coefficient (Wildman–Crippen LogP) is 4.35. The first-order valence-electron chi connectivity index (χ1n) is 12.3. The molecule has 1 saturated carbocycles. The summed E-state index contributed by atoms with van der Waals surface area (Å²) < 4.78 is 47.8. The fourth-order valence-corrected chi connectivity index (χ4v) is 4.68. The van der Waals surface area contributed by atoms with E-state index in [-0.39, 0.29) is 30.0 Å². The molecular weight excluding hydrogens is 487 g/mol. The van der Waals surface area contributed by atoms with E-state index in [4.69, 9.17) is 4.74 Å². The van der Waals surface area contributed by atoms with Gasteiger partial charge >= 0.3 is 0 Å². The highest BCUT2D eigenvalue weighted by Crippen LogP contribution is 2.38. The van der Waals surface area contributed by atoms with Crippen molar-refractivity contribution in [2.75, 3.05) is 19.7 Å². The van der Waals surface area contributed by atoms with Gasteiger partial charge in [-0.3, -0.25) is 9.59 Å². The molecule has 2 fully saturated rings. The van der Waals surface area contributed by atoms with E-state index in [0.29, 0.717) is 52.8 Å². The van der Waals surface area contributed by atoms with Crippen molar-refractivity contribution in [3.8, 4) is 17.0 Å². The molecule has 3 heterocycles. The molecule has 2 amide bonds. The van der Waals surface area contributed by atoms with Crippen LogP contribution < -0.4 is 10.1 Å². The normalized spacial score (nSPS) is 19.9. The minimum Gasteiger partial charge on any atom is -0.493 e. The second-order valence-corrected chi connectivity index (χ2v) is 9.73. The molecule has 1 aromatic carbocycles. The van der Waals surface area contributed by atoms with Crippen molar-refractivity contribution < 1.29 is 27.5 Å². The van der Waals surface area contributed by atoms with Crippen molar-refractivity contribution in [1.82, 2.24) is 25.2 Å². The van der Waals surface area contributed by atoms with Gasteiger partial charge in [-0.05, 0) is 50.3 Å². The van der Waals surface area contributed by atoms with Crippen LogP contribution in [0.5, 0.6) is 5.75 Å². The number of aromatic nitrogens is 3. The Hall–Kier alpha value is -3.63. The molecule has 8 nitrogen and oxygen atoms in total. The summed E-state index contributed by atoms with van der Waals surface area (Å²) in [6.07, 6.45) is -0.376. The number of rotatable bonds is 7. The zero-order valence-corrected chi connectivity index (χ0v) is 20.6. The topological polar surface area (TPSA) is 100 Å². The molecular formula is C26H28F3N5O3. The number of aryl methyl sites for hydroxylation is 1. The third-order valence-electron chi connectivity index (χ3n) is 6.98. The van der Waals surface area contributed by atoms with Gasteiger partial charge in [-0.1, -0.05) is 0 Å². The molecule has 2 atom stereocenters. The third-order valence-corrected chi connectivity index (χ3v) is 6.98. The maximum atomic E-state index is 14.7. The molecule has 1 aliphatic carbocycles. The van der Waals surface area contributed by atoms with Crippen molar-refractivity contribution in [1.29, 1.82) is 0 Å². The molecule has 2 aromatic heterocycles. The van der Waals surface area contributed by atoms with Crippen LogP contribution in [-0.2, 0) is 4.79 Å². The number of halogens is 3. The van der Waals surface area contributed by atoms with Crippen LogP contribution in [0.25, 0.3) is 22.3 Å². The number of carbonyl (C=O) groups excluding carboxylic acids is 2. The van der Waals surface area contributed by atoms with E-state index in [2.05, 4.69) is 20.3 Å². The Morgan fingerprint density at radius 3 is 2.70 bits per heavy atom. The van der Waals surface area contributed by atoms with Gasteiger partial charge in [-0.15, -0.1) is 0 Å². The quantitative estimate of drug-likeness (QED) is 0.488. The summed E-state index contributed by atoms with van der Waals surface area (Å²) >= 11 is 0. The van der Waals surface area contributed by atoms with Gasteiger partial charge in [0.15, 0.2) is 0 Å². The summed E-state index contributed by atoms with van der Waals surface area (Å²) in [6, 6.07) is 3.45. The Bertz CT molecular complexity index is 1340. The van der Waals surface area contributed by atoms with E-state index >= 15 is 0 Å². The molecule has 0 unspecified atom stereocenters. The van der Waals surface area contributed by atoms with Crippen molar-refractivity contribution in [2.45, 2.75) is 51.7 Å². The number of alkyl halides is 3. The second kappa shape index (κ2) is 10.0. The van der Waals surface area contributed by atoms with Gasteiger partial charge in [-0.25, -0.2) is 23.1 Å². The Kier molecular flexibility index (Phi) is 6.78. The van der Waals surface area contributed by atoms with Gasteiger partial charge in [0.25, 0.3) is 12.3 Å². The summed E-state index contributed by atoms with van der Waals surface area (Å²) in [7, 11) is 0. The third kappa shape index (κ3) is 5.12. The van der Waals surface area contributed by atoms with Crippen molar-refractivity contribution >= 4 is 22.8 Å². The molecule has 3 aromatic rings. The largest absolute Gasteiger partial charge is 0.493 e. The number of nitrogens with zero attached hydrogens (tertiary/aromatic N) is 3. The Morgan fingerprint density at radius 1 is 1.24 bits per heavy atom. The average Bonchev–Trinajstić information content (AvgIpc) is 3.63. The van der Waals surface area contributed by atoms with E-state index in [1.54, 1.807) is 6.92 Å². The standard InChI is InChI=1S/C26H28F3N5O3/c1-13-21(26(36)33-19-7-8-34(14(2)35)10-18(19)27)23-24(32-13)22(30-12-31-23)17-9-16(25(28)29)5-6-20(17)37-11-15-3-4-15/h5-6,9,12,15,18-19,25,32H,3-4,7-8,10-11H2,1-2H3,(H,33,36)/t18-,19-/m0/s1. The summed E-state index contributed by atoms with van der Waals surface area (Å²) in [5.74, 6) is 0.161. The van der Waals surface area contributed by atoms with Crippen LogP contribution in [0.15, 0.2) is 24.5 Å². The zero-order valence-electron chi connectivity index (χ0n) is 20.6. The van der Waals surface area contributed by atoms with Crippen LogP contribution in [0.4, 0.5) is 13.2 Å². The van der Waals surface area contributed by atoms with Crippen LogP contribution in [0.1, 0.15) is 54.2 Å². The lowest BCUT2D eigenvalue weighted by Crippen LogP contribution is -2.53. The number of likely N-dealkylation sites (tertiary alicyclic amines) is 1. The number of hydrogen-bond donors (Lipinski definition) is 2. The highest BCUT2D eigenvalue weighted by Gasteiger charge is 2.33. The van der Waals surface area contributed by atoms with E-state index < -0.39 is 24.5 Å². The van der Waals surface area contributed by atoms with E-state index in [1.807, 2.05) is 0 Å². The number of benzene rings is 1. The zero-order chi connectivity index (χ0) is 26.3. The maximum absolute atomic E-state index is 14.7. The first-order chi connectivity index (χ1) is 17.7. The number of fused-ring (bicyclic) bond motifs is 1. The highest BCUT2D eigenvalue weighted by molar-refractivity contribution is 6.09. The predicted molar refractivity (Wildman–Crippen MR) is 130 cm³/mol. The van der Waals surface area contributed by atoms with Crippen LogP contribution in [-0.4, -0.2) is 63.6 Å². The first kappa shape index (κ1) is 25.0. The van der Waals surface area contributed by atoms with Gasteiger partial charge in [0.05, 0.1) is 30.3 Å². The minimum atomic E-state index is -2.68. The number of nitrogens with one attached hydrogen (secondary N) is 2. The van der Waals surface area contributed by atoms with Crippen molar-refractivity contribution in [3.05, 3.63) is 41.3 Å². The SMILES string of the molecule is CC(=O)N1CC[C@H](NC(=O)c2c(C)[nH]c3c(-c4cc(C(F)F)ccc4OCC4CC4)ncnc23)[C@@H](F)C1. The van der Waals surface area contributed by atoms with Crippen molar-refractivity contribution in [2.24, 2.45) is 5.92 Å². The van der Waals surface area contributed by atoms with E-state index in [1.165, 1.54) is 36.4 Å². The molecule has 196 valence electrons. The van der Waals surface area contributed by atoms with Crippen LogP contribution in [0.3, 0.4) is 0 Å². The molecule has 5 rings (SSSR count). The number of carbonyl (C=O) groups is 2. The Labute approximate surface area is 211 Å². The molecule has 0 radical (unpaired) electrons.